The molecule has 1 heterocycles. The highest BCUT2D eigenvalue weighted by molar-refractivity contribution is 6.00. The Bertz CT molecular complexity index is 2120. The molecule has 1 aliphatic heterocycles. The van der Waals surface area contributed by atoms with Crippen LogP contribution in [0.1, 0.15) is 68.4 Å². The molecule has 0 bridgehead atoms. The first-order chi connectivity index (χ1) is 27.7. The van der Waals surface area contributed by atoms with Crippen molar-refractivity contribution in [3.8, 4) is 11.1 Å². The van der Waals surface area contributed by atoms with E-state index in [0.717, 1.165) is 45.9 Å². The van der Waals surface area contributed by atoms with E-state index >= 15 is 0 Å². The average molecular weight is 773 g/mol. The van der Waals surface area contributed by atoms with Gasteiger partial charge in [0.05, 0.1) is 18.1 Å². The van der Waals surface area contributed by atoms with Crippen LogP contribution in [-0.4, -0.2) is 72.3 Å². The fourth-order valence-corrected chi connectivity index (χ4v) is 8.14. The second kappa shape index (κ2) is 17.8. The molecular weight excluding hydrogens is 725 g/mol. The molecule has 1 fully saturated rings. The lowest BCUT2D eigenvalue weighted by atomic mass is 9.95. The van der Waals surface area contributed by atoms with Gasteiger partial charge in [0.15, 0.2) is 0 Å². The first kappa shape index (κ1) is 39.2. The number of allylic oxidation sites excluding steroid dienone is 2. The van der Waals surface area contributed by atoms with E-state index in [2.05, 4.69) is 21.3 Å². The van der Waals surface area contributed by atoms with Crippen LogP contribution >= 0.6 is 0 Å². The van der Waals surface area contributed by atoms with Gasteiger partial charge in [-0.3, -0.25) is 14.4 Å². The number of cyclic esters (lactones) is 1. The Labute approximate surface area is 331 Å². The highest BCUT2D eigenvalue weighted by Gasteiger charge is 2.37. The molecule has 0 radical (unpaired) electrons. The molecule has 4 aromatic carbocycles. The predicted molar refractivity (Wildman–Crippen MR) is 215 cm³/mol. The fourth-order valence-electron chi connectivity index (χ4n) is 8.14. The van der Waals surface area contributed by atoms with Crippen LogP contribution in [0.3, 0.4) is 0 Å². The van der Waals surface area contributed by atoms with Crippen molar-refractivity contribution in [1.82, 2.24) is 16.0 Å². The van der Waals surface area contributed by atoms with E-state index in [-0.39, 0.29) is 44.3 Å². The second-order valence-electron chi connectivity index (χ2n) is 15.1. The van der Waals surface area contributed by atoms with Crippen molar-refractivity contribution in [3.63, 3.8) is 0 Å². The van der Waals surface area contributed by atoms with Crippen LogP contribution in [0.5, 0.6) is 0 Å². The summed E-state index contributed by atoms with van der Waals surface area (Å²) >= 11 is 0. The SMILES string of the molecule is O=C(C[C@H]1CC=CCC[C@H](NC(=O)OCC2c3ccccc3-c3ccccc32)C(=O)OC[C@@H](C(=O)Nc2ccc3ccccc3c2)NC1=O)NC1(CO)CCCC1. The minimum Gasteiger partial charge on any atom is -0.461 e. The maximum Gasteiger partial charge on any atom is 0.407 e. The Morgan fingerprint density at radius 2 is 1.54 bits per heavy atom. The van der Waals surface area contributed by atoms with Crippen molar-refractivity contribution in [2.75, 3.05) is 25.1 Å². The van der Waals surface area contributed by atoms with E-state index < -0.39 is 54.0 Å². The van der Waals surface area contributed by atoms with Gasteiger partial charge in [-0.2, -0.15) is 0 Å². The number of esters is 1. The van der Waals surface area contributed by atoms with E-state index in [0.29, 0.717) is 24.9 Å². The maximum absolute atomic E-state index is 13.8. The number of hydrogen-bond acceptors (Lipinski definition) is 8. The lowest BCUT2D eigenvalue weighted by Crippen LogP contribution is -2.52. The topological polar surface area (TPSA) is 172 Å². The van der Waals surface area contributed by atoms with Crippen molar-refractivity contribution < 1.29 is 38.6 Å². The number of benzene rings is 4. The number of aliphatic hydroxyl groups excluding tert-OH is 1. The van der Waals surface area contributed by atoms with Gasteiger partial charge in [-0.15, -0.1) is 0 Å². The van der Waals surface area contributed by atoms with Gasteiger partial charge in [0.2, 0.25) is 11.8 Å². The van der Waals surface area contributed by atoms with E-state index in [4.69, 9.17) is 9.47 Å². The number of amides is 4. The average Bonchev–Trinajstić information content (AvgIpc) is 3.82. The predicted octanol–water partition coefficient (Wildman–Crippen LogP) is 5.88. The van der Waals surface area contributed by atoms with Crippen LogP contribution in [0.15, 0.2) is 103 Å². The third-order valence-electron chi connectivity index (χ3n) is 11.2. The lowest BCUT2D eigenvalue weighted by Gasteiger charge is -2.29. The largest absolute Gasteiger partial charge is 0.461 e. The van der Waals surface area contributed by atoms with Gasteiger partial charge in [0.25, 0.3) is 5.91 Å². The molecule has 12 nitrogen and oxygen atoms in total. The molecular formula is C45H48N4O8. The summed E-state index contributed by atoms with van der Waals surface area (Å²) in [4.78, 5) is 67.8. The zero-order valence-corrected chi connectivity index (χ0v) is 31.7. The Balaban J connectivity index is 1.06. The summed E-state index contributed by atoms with van der Waals surface area (Å²) in [6.45, 7) is -0.672. The van der Waals surface area contributed by atoms with Crippen LogP contribution < -0.4 is 21.3 Å². The molecule has 57 heavy (non-hydrogen) atoms. The van der Waals surface area contributed by atoms with Gasteiger partial charge in [-0.1, -0.05) is 104 Å². The van der Waals surface area contributed by atoms with Crippen molar-refractivity contribution in [3.05, 3.63) is 114 Å². The van der Waals surface area contributed by atoms with Crippen molar-refractivity contribution in [1.29, 1.82) is 0 Å². The summed E-state index contributed by atoms with van der Waals surface area (Å²) in [6.07, 6.45) is 6.31. The third kappa shape index (κ3) is 9.35. The van der Waals surface area contributed by atoms with Crippen LogP contribution in [0, 0.1) is 5.92 Å². The van der Waals surface area contributed by atoms with E-state index in [9.17, 15) is 29.1 Å². The van der Waals surface area contributed by atoms with Crippen LogP contribution in [-0.2, 0) is 28.7 Å². The zero-order valence-electron chi connectivity index (χ0n) is 31.7. The second-order valence-corrected chi connectivity index (χ2v) is 15.1. The number of carbonyl (C=O) groups is 5. The Morgan fingerprint density at radius 3 is 2.26 bits per heavy atom. The molecule has 7 rings (SSSR count). The summed E-state index contributed by atoms with van der Waals surface area (Å²) in [5.74, 6) is -3.41. The number of rotatable bonds is 9. The van der Waals surface area contributed by atoms with Gasteiger partial charge in [0, 0.05) is 18.0 Å². The number of hydrogen-bond donors (Lipinski definition) is 5. The van der Waals surface area contributed by atoms with Crippen molar-refractivity contribution >= 4 is 46.2 Å². The molecule has 2 aliphatic carbocycles. The first-order valence-corrected chi connectivity index (χ1v) is 19.7. The van der Waals surface area contributed by atoms with E-state index in [1.54, 1.807) is 24.3 Å². The standard InChI is InChI=1S/C45H48N4O8/c50-28-45(22-10-11-23-45)49-40(51)25-31-14-2-1-3-19-38(48-44(55)57-26-37-35-17-8-6-15-33(35)34-16-7-9-18-36(34)37)43(54)56-27-39(47-41(31)52)42(53)46-32-21-20-29-12-4-5-13-30(29)24-32/h1-2,4-9,12-13,15-18,20-21,24,31,37-39,50H,3,10-11,14,19,22-23,25-28H2,(H,46,53)(H,47,52)(H,48,55)(H,49,51)/t31-,38+,39+/m1/s1. The minimum absolute atomic E-state index is 0.0545. The number of alkyl carbamates (subject to hydrolysis) is 1. The number of nitrogens with one attached hydrogen (secondary N) is 4. The maximum atomic E-state index is 13.8. The van der Waals surface area contributed by atoms with E-state index in [1.807, 2.05) is 78.9 Å². The highest BCUT2D eigenvalue weighted by Crippen LogP contribution is 2.44. The Hall–Kier alpha value is -6.01. The number of ether oxygens (including phenoxy) is 2. The van der Waals surface area contributed by atoms with Gasteiger partial charge in [0.1, 0.15) is 25.3 Å². The molecule has 3 aliphatic rings. The minimum atomic E-state index is -1.34. The number of carbonyl (C=O) groups excluding carboxylic acids is 5. The lowest BCUT2D eigenvalue weighted by molar-refractivity contribution is -0.148. The molecule has 0 aromatic heterocycles. The number of fused-ring (bicyclic) bond motifs is 4. The number of aliphatic hydroxyl groups is 1. The van der Waals surface area contributed by atoms with Crippen LogP contribution in [0.4, 0.5) is 10.5 Å². The van der Waals surface area contributed by atoms with Crippen molar-refractivity contribution in [2.24, 2.45) is 5.92 Å². The normalized spacial score (nSPS) is 20.8. The fraction of sp³-hybridized carbons (Fsp3) is 0.356. The van der Waals surface area contributed by atoms with Crippen molar-refractivity contribution in [2.45, 2.75) is 74.9 Å². The molecule has 0 spiro atoms. The molecule has 0 saturated heterocycles. The molecule has 1 saturated carbocycles. The Kier molecular flexibility index (Phi) is 12.3. The summed E-state index contributed by atoms with van der Waals surface area (Å²) in [5.41, 5.74) is 4.04. The molecule has 0 unspecified atom stereocenters. The monoisotopic (exact) mass is 772 g/mol. The molecule has 4 amide bonds. The molecule has 4 aromatic rings. The summed E-state index contributed by atoms with van der Waals surface area (Å²) in [5, 5.41) is 23.1. The first-order valence-electron chi connectivity index (χ1n) is 19.7. The highest BCUT2D eigenvalue weighted by atomic mass is 16.6. The number of anilines is 1. The molecule has 12 heteroatoms. The van der Waals surface area contributed by atoms with Gasteiger partial charge in [-0.25, -0.2) is 9.59 Å². The molecule has 5 N–H and O–H groups in total. The van der Waals surface area contributed by atoms with Gasteiger partial charge < -0.3 is 35.8 Å². The smallest absolute Gasteiger partial charge is 0.407 e. The van der Waals surface area contributed by atoms with Gasteiger partial charge in [-0.05, 0) is 77.3 Å². The summed E-state index contributed by atoms with van der Waals surface area (Å²) in [6, 6.07) is 26.6. The quantitative estimate of drug-likeness (QED) is 0.104. The van der Waals surface area contributed by atoms with E-state index in [1.165, 1.54) is 0 Å². The summed E-state index contributed by atoms with van der Waals surface area (Å²) < 4.78 is 11.4. The van der Waals surface area contributed by atoms with Gasteiger partial charge >= 0.3 is 12.1 Å². The van der Waals surface area contributed by atoms with Crippen LogP contribution in [0.25, 0.3) is 21.9 Å². The summed E-state index contributed by atoms with van der Waals surface area (Å²) in [7, 11) is 0. The molecule has 3 atom stereocenters. The zero-order chi connectivity index (χ0) is 39.8. The Morgan fingerprint density at radius 1 is 0.860 bits per heavy atom. The third-order valence-corrected chi connectivity index (χ3v) is 11.2. The van der Waals surface area contributed by atoms with Crippen LogP contribution in [0.2, 0.25) is 0 Å². The molecule has 296 valence electrons.